The molecule has 0 aromatic heterocycles. The number of carboxylic acid groups (broad SMARTS) is 1. The van der Waals surface area contributed by atoms with Crippen LogP contribution in [0.5, 0.6) is 0 Å². The maximum atomic E-state index is 11.5. The van der Waals surface area contributed by atoms with Crippen LogP contribution in [-0.2, 0) is 4.79 Å². The van der Waals surface area contributed by atoms with Crippen LogP contribution in [0.3, 0.4) is 0 Å². The number of anilines is 1. The minimum Gasteiger partial charge on any atom is -0.545 e. The lowest BCUT2D eigenvalue weighted by atomic mass is 10.00. The van der Waals surface area contributed by atoms with E-state index in [2.05, 4.69) is 13.8 Å². The van der Waals surface area contributed by atoms with Gasteiger partial charge in [0.25, 0.3) is 0 Å². The number of hydrogen-bond acceptors (Lipinski definition) is 4. The Hall–Kier alpha value is -2.14. The maximum absolute atomic E-state index is 11.5. The van der Waals surface area contributed by atoms with E-state index in [-0.39, 0.29) is 5.57 Å². The molecule has 2 aliphatic heterocycles. The number of benzene rings is 1. The number of fused-ring (bicyclic) bond motifs is 3. The van der Waals surface area contributed by atoms with Gasteiger partial charge in [-0.3, -0.25) is 4.90 Å². The van der Waals surface area contributed by atoms with Crippen molar-refractivity contribution in [3.05, 3.63) is 34.9 Å². The van der Waals surface area contributed by atoms with Crippen molar-refractivity contribution in [3.8, 4) is 0 Å². The van der Waals surface area contributed by atoms with Crippen molar-refractivity contribution in [2.75, 3.05) is 24.7 Å². The molecule has 0 saturated heterocycles. The van der Waals surface area contributed by atoms with Crippen LogP contribution in [-0.4, -0.2) is 36.2 Å². The summed E-state index contributed by atoms with van der Waals surface area (Å²) in [6, 6.07) is 6.08. The Morgan fingerprint density at radius 2 is 2.10 bits per heavy atom. The van der Waals surface area contributed by atoms with Crippen LogP contribution in [0.2, 0.25) is 0 Å². The minimum absolute atomic E-state index is 0.176. The van der Waals surface area contributed by atoms with E-state index < -0.39 is 5.97 Å². The van der Waals surface area contributed by atoms with E-state index in [1.165, 1.54) is 0 Å². The molecule has 1 aromatic carbocycles. The first kappa shape index (κ1) is 13.8. The largest absolute Gasteiger partial charge is 0.545 e. The topological polar surface area (TPSA) is 55.7 Å². The summed E-state index contributed by atoms with van der Waals surface area (Å²) in [5.74, 6) is -0.645. The number of quaternary nitrogens is 1. The third-order valence-electron chi connectivity index (χ3n) is 4.38. The number of amidine groups is 1. The van der Waals surface area contributed by atoms with Crippen molar-refractivity contribution >= 4 is 23.6 Å². The molecular formula is C16H19N3O2. The molecule has 2 aliphatic rings. The fourth-order valence-corrected chi connectivity index (χ4v) is 2.98. The van der Waals surface area contributed by atoms with Crippen molar-refractivity contribution in [1.82, 2.24) is 0 Å². The summed E-state index contributed by atoms with van der Waals surface area (Å²) >= 11 is 0. The van der Waals surface area contributed by atoms with Crippen molar-refractivity contribution in [3.63, 3.8) is 0 Å². The van der Waals surface area contributed by atoms with Crippen molar-refractivity contribution in [1.29, 1.82) is 0 Å². The Bertz CT molecular complexity index is 672. The molecule has 0 atom stereocenters. The summed E-state index contributed by atoms with van der Waals surface area (Å²) in [4.78, 5) is 13.5. The lowest BCUT2D eigenvalue weighted by Gasteiger charge is -2.29. The molecule has 0 spiro atoms. The second-order valence-corrected chi connectivity index (χ2v) is 5.63. The standard InChI is InChI=1S/C16H19N3O2/c1-4-19(5-2)10-18-14-7-6-11(3)8-12(14)9-13(16(20)21)15(18)17-19/h6-9H,4-5,10H2,1-3H3. The monoisotopic (exact) mass is 285 g/mol. The van der Waals surface area contributed by atoms with Crippen LogP contribution >= 0.6 is 0 Å². The zero-order chi connectivity index (χ0) is 15.2. The van der Waals surface area contributed by atoms with Crippen LogP contribution in [0.1, 0.15) is 25.0 Å². The number of aryl methyl sites for hydroxylation is 1. The van der Waals surface area contributed by atoms with Gasteiger partial charge in [0.15, 0.2) is 6.67 Å². The molecule has 110 valence electrons. The highest BCUT2D eigenvalue weighted by molar-refractivity contribution is 6.28. The number of aliphatic carboxylic acids is 1. The molecule has 1 aromatic rings. The molecule has 3 rings (SSSR count). The molecule has 21 heavy (non-hydrogen) atoms. The maximum Gasteiger partial charge on any atom is 0.202 e. The first-order chi connectivity index (χ1) is 9.99. The lowest BCUT2D eigenvalue weighted by Crippen LogP contribution is -2.46. The van der Waals surface area contributed by atoms with E-state index in [4.69, 9.17) is 5.10 Å². The van der Waals surface area contributed by atoms with E-state index in [9.17, 15) is 9.90 Å². The van der Waals surface area contributed by atoms with Gasteiger partial charge in [-0.25, -0.2) is 0 Å². The van der Waals surface area contributed by atoms with Gasteiger partial charge in [-0.15, -0.1) is 0 Å². The van der Waals surface area contributed by atoms with Crippen LogP contribution in [0.4, 0.5) is 5.69 Å². The zero-order valence-electron chi connectivity index (χ0n) is 12.6. The van der Waals surface area contributed by atoms with Gasteiger partial charge < -0.3 is 9.90 Å². The summed E-state index contributed by atoms with van der Waals surface area (Å²) in [6.07, 6.45) is 1.68. The molecule has 0 N–H and O–H groups in total. The molecule has 0 unspecified atom stereocenters. The van der Waals surface area contributed by atoms with E-state index in [0.717, 1.165) is 29.9 Å². The van der Waals surface area contributed by atoms with Gasteiger partial charge in [0.05, 0.1) is 11.7 Å². The Labute approximate surface area is 124 Å². The molecule has 5 heteroatoms. The van der Waals surface area contributed by atoms with Gasteiger partial charge in [0.2, 0.25) is 5.84 Å². The van der Waals surface area contributed by atoms with Crippen molar-refractivity contribution < 1.29 is 14.5 Å². The number of carbonyl (C=O) groups excluding carboxylic acids is 1. The van der Waals surface area contributed by atoms with Gasteiger partial charge in [-0.2, -0.15) is 4.59 Å². The third kappa shape index (κ3) is 2.05. The summed E-state index contributed by atoms with van der Waals surface area (Å²) in [6.45, 7) is 8.48. The highest BCUT2D eigenvalue weighted by atomic mass is 16.4. The molecule has 0 amide bonds. The van der Waals surface area contributed by atoms with E-state index in [0.29, 0.717) is 17.1 Å². The van der Waals surface area contributed by atoms with Gasteiger partial charge in [-0.1, -0.05) is 16.7 Å². The zero-order valence-corrected chi connectivity index (χ0v) is 12.6. The van der Waals surface area contributed by atoms with Crippen LogP contribution in [0.15, 0.2) is 28.9 Å². The summed E-state index contributed by atoms with van der Waals surface area (Å²) in [5.41, 5.74) is 3.22. The Morgan fingerprint density at radius 3 is 2.71 bits per heavy atom. The second-order valence-electron chi connectivity index (χ2n) is 5.63. The molecule has 0 aliphatic carbocycles. The number of carbonyl (C=O) groups is 1. The molecule has 0 radical (unpaired) electrons. The van der Waals surface area contributed by atoms with Crippen LogP contribution in [0, 0.1) is 6.92 Å². The number of rotatable bonds is 3. The first-order valence-corrected chi connectivity index (χ1v) is 7.27. The van der Waals surface area contributed by atoms with Crippen LogP contribution < -0.4 is 10.0 Å². The highest BCUT2D eigenvalue weighted by Gasteiger charge is 2.41. The van der Waals surface area contributed by atoms with E-state index in [1.807, 2.05) is 30.0 Å². The van der Waals surface area contributed by atoms with Gasteiger partial charge >= 0.3 is 0 Å². The molecule has 0 fully saturated rings. The first-order valence-electron chi connectivity index (χ1n) is 7.27. The van der Waals surface area contributed by atoms with E-state index in [1.54, 1.807) is 6.08 Å². The number of carboxylic acids is 1. The van der Waals surface area contributed by atoms with Gasteiger partial charge in [-0.05, 0) is 44.5 Å². The number of nitrogens with zero attached hydrogens (tertiary/aromatic N) is 3. The predicted octanol–water partition coefficient (Wildman–Crippen LogP) is 1.09. The average molecular weight is 285 g/mol. The highest BCUT2D eigenvalue weighted by Crippen LogP contribution is 2.35. The van der Waals surface area contributed by atoms with Crippen molar-refractivity contribution in [2.24, 2.45) is 5.10 Å². The molecule has 0 bridgehead atoms. The number of hydrogen-bond donors (Lipinski definition) is 0. The Balaban J connectivity index is 2.19. The second kappa shape index (κ2) is 4.70. The minimum atomic E-state index is -1.17. The summed E-state index contributed by atoms with van der Waals surface area (Å²) in [7, 11) is 0. The SMILES string of the molecule is CC[N+]1(CC)CN2C(=N1)C(C(=O)[O-])=Cc1cc(C)ccc12. The van der Waals surface area contributed by atoms with Gasteiger partial charge in [0, 0.05) is 5.57 Å². The molecule has 0 saturated carbocycles. The molecule has 2 heterocycles. The quantitative estimate of drug-likeness (QED) is 0.781. The predicted molar refractivity (Wildman–Crippen MR) is 80.3 cm³/mol. The molecule has 5 nitrogen and oxygen atoms in total. The molecular weight excluding hydrogens is 266 g/mol. The van der Waals surface area contributed by atoms with Crippen LogP contribution in [0.25, 0.3) is 6.08 Å². The Morgan fingerprint density at radius 1 is 1.38 bits per heavy atom. The normalized spacial score (nSPS) is 18.7. The van der Waals surface area contributed by atoms with E-state index >= 15 is 0 Å². The smallest absolute Gasteiger partial charge is 0.202 e. The third-order valence-corrected chi connectivity index (χ3v) is 4.38. The fraction of sp³-hybridized carbons (Fsp3) is 0.375. The van der Waals surface area contributed by atoms with Crippen molar-refractivity contribution in [2.45, 2.75) is 20.8 Å². The summed E-state index contributed by atoms with van der Waals surface area (Å²) in [5, 5.41) is 16.2. The lowest BCUT2D eigenvalue weighted by molar-refractivity contribution is -0.925. The fourth-order valence-electron chi connectivity index (χ4n) is 2.98. The average Bonchev–Trinajstić information content (AvgIpc) is 2.86. The summed E-state index contributed by atoms with van der Waals surface area (Å²) < 4.78 is 0.521. The Kier molecular flexibility index (Phi) is 3.10. The van der Waals surface area contributed by atoms with Gasteiger partial charge in [0.1, 0.15) is 13.1 Å².